The first-order valence-electron chi connectivity index (χ1n) is 14.6. The molecular formula is C34H25BBr2ClF2N4O6. The third-order valence-corrected chi connectivity index (χ3v) is 7.49. The second-order valence-corrected chi connectivity index (χ2v) is 11.8. The Kier molecular flexibility index (Phi) is 14.1. The van der Waals surface area contributed by atoms with E-state index in [9.17, 15) is 18.4 Å². The summed E-state index contributed by atoms with van der Waals surface area (Å²) in [6.07, 6.45) is 0. The molecule has 0 bridgehead atoms. The summed E-state index contributed by atoms with van der Waals surface area (Å²) in [7, 11) is 0.655. The van der Waals surface area contributed by atoms with Crippen molar-refractivity contribution in [3.8, 4) is 17.1 Å². The first kappa shape index (κ1) is 38.2. The molecule has 0 amide bonds. The van der Waals surface area contributed by atoms with Crippen LogP contribution in [0, 0.1) is 11.6 Å². The van der Waals surface area contributed by atoms with Gasteiger partial charge in [-0.15, -0.1) is 0 Å². The van der Waals surface area contributed by atoms with E-state index in [1.165, 1.54) is 24.3 Å². The van der Waals surface area contributed by atoms with Crippen LogP contribution in [0.2, 0.25) is 5.28 Å². The highest BCUT2D eigenvalue weighted by atomic mass is 79.9. The molecule has 0 aliphatic carbocycles. The Balaban J connectivity index is 0.000000182. The van der Waals surface area contributed by atoms with Gasteiger partial charge in [-0.05, 0) is 67.9 Å². The van der Waals surface area contributed by atoms with Gasteiger partial charge in [-0.2, -0.15) is 0 Å². The molecule has 0 atom stereocenters. The van der Waals surface area contributed by atoms with E-state index in [1.54, 1.807) is 50.2 Å². The summed E-state index contributed by atoms with van der Waals surface area (Å²) < 4.78 is 43.9. The molecule has 0 spiro atoms. The van der Waals surface area contributed by atoms with E-state index in [0.717, 1.165) is 8.95 Å². The van der Waals surface area contributed by atoms with Gasteiger partial charge in [-0.3, -0.25) is 0 Å². The van der Waals surface area contributed by atoms with Gasteiger partial charge in [0.05, 0.1) is 13.2 Å². The van der Waals surface area contributed by atoms with E-state index < -0.39 is 23.6 Å². The number of aromatic nitrogens is 4. The number of nitrogens with zero attached hydrogens (tertiary/aromatic N) is 4. The number of hydrogen-bond donors (Lipinski definition) is 1. The number of fused-ring (bicyclic) bond motifs is 2. The van der Waals surface area contributed by atoms with Crippen molar-refractivity contribution in [2.45, 2.75) is 13.8 Å². The van der Waals surface area contributed by atoms with E-state index in [-0.39, 0.29) is 52.1 Å². The van der Waals surface area contributed by atoms with Gasteiger partial charge >= 0.3 is 19.6 Å². The minimum Gasteiger partial charge on any atom is -0.537 e. The van der Waals surface area contributed by atoms with Crippen molar-refractivity contribution in [2.24, 2.45) is 0 Å². The number of esters is 2. The van der Waals surface area contributed by atoms with Crippen molar-refractivity contribution in [3.05, 3.63) is 122 Å². The van der Waals surface area contributed by atoms with Crippen LogP contribution in [0.25, 0.3) is 33.2 Å². The van der Waals surface area contributed by atoms with Crippen LogP contribution in [0.5, 0.6) is 5.75 Å². The van der Waals surface area contributed by atoms with Crippen LogP contribution in [0.15, 0.2) is 93.9 Å². The average molecular weight is 830 g/mol. The maximum absolute atomic E-state index is 14.1. The zero-order valence-electron chi connectivity index (χ0n) is 26.2. The minimum atomic E-state index is -0.646. The topological polar surface area (TPSA) is 134 Å². The lowest BCUT2D eigenvalue weighted by Gasteiger charge is -2.09. The molecule has 0 aliphatic rings. The normalized spacial score (nSPS) is 10.3. The summed E-state index contributed by atoms with van der Waals surface area (Å²) in [6.45, 7) is 3.80. The van der Waals surface area contributed by atoms with Crippen LogP contribution in [0.3, 0.4) is 0 Å². The van der Waals surface area contributed by atoms with E-state index in [0.29, 0.717) is 24.4 Å². The fourth-order valence-electron chi connectivity index (χ4n) is 4.27. The quantitative estimate of drug-likeness (QED) is 0.0952. The molecule has 4 aromatic carbocycles. The third kappa shape index (κ3) is 10.0. The minimum absolute atomic E-state index is 0.00977. The lowest BCUT2D eigenvalue weighted by atomic mass is 10.1. The second-order valence-electron chi connectivity index (χ2n) is 9.64. The number of rotatable bonds is 7. The number of carbonyl (C=O) groups excluding carboxylic acids is 2. The fourth-order valence-corrected chi connectivity index (χ4v) is 5.22. The standard InChI is InChI=1S/C17H12BrFN2O2.C11H8ClFN2O2.C6H5BBrO2/c1-2-23-17(22)15-12-7-4-8-13(19)14(12)20-16(21-15)10-5-3-6-11(18)9-10;1-2-17-10(16)9-6-4-3-5-7(13)8(6)14-11(12)15-9;8-5-2-1-3-6(4-5)10-7-9/h3-9H,2H2,1H3;3-5H,2H2,1H3;1-4,9H. The Morgan fingerprint density at radius 2 is 1.26 bits per heavy atom. The molecule has 0 aliphatic heterocycles. The van der Waals surface area contributed by atoms with E-state index in [2.05, 4.69) is 56.5 Å². The second kappa shape index (κ2) is 18.4. The Hall–Kier alpha value is -4.57. The molecule has 0 fully saturated rings. The number of hydrogen-bond acceptors (Lipinski definition) is 10. The van der Waals surface area contributed by atoms with Crippen molar-refractivity contribution < 1.29 is 37.5 Å². The van der Waals surface area contributed by atoms with Gasteiger partial charge in [-0.25, -0.2) is 38.3 Å². The molecule has 0 saturated carbocycles. The summed E-state index contributed by atoms with van der Waals surface area (Å²) in [5, 5.41) is 8.68. The molecule has 1 radical (unpaired) electrons. The van der Waals surface area contributed by atoms with E-state index in [4.69, 9.17) is 26.1 Å². The lowest BCUT2D eigenvalue weighted by molar-refractivity contribution is 0.0512. The summed E-state index contributed by atoms with van der Waals surface area (Å²) in [6, 6.07) is 23.2. The Labute approximate surface area is 307 Å². The van der Waals surface area contributed by atoms with Crippen molar-refractivity contribution in [1.82, 2.24) is 19.9 Å². The van der Waals surface area contributed by atoms with Crippen molar-refractivity contribution in [3.63, 3.8) is 0 Å². The summed E-state index contributed by atoms with van der Waals surface area (Å²) >= 11 is 12.3. The average Bonchev–Trinajstić information content (AvgIpc) is 3.09. The molecule has 6 rings (SSSR count). The van der Waals surface area contributed by atoms with Crippen LogP contribution in [-0.2, 0) is 9.47 Å². The van der Waals surface area contributed by atoms with Crippen LogP contribution < -0.4 is 4.65 Å². The maximum atomic E-state index is 14.1. The van der Waals surface area contributed by atoms with Gasteiger partial charge in [0, 0.05) is 25.3 Å². The smallest absolute Gasteiger partial charge is 0.537 e. The van der Waals surface area contributed by atoms with E-state index >= 15 is 0 Å². The summed E-state index contributed by atoms with van der Waals surface area (Å²) in [5.41, 5.74) is 0.818. The van der Waals surface area contributed by atoms with Gasteiger partial charge in [0.25, 0.3) is 0 Å². The molecule has 2 heterocycles. The Morgan fingerprint density at radius 3 is 1.80 bits per heavy atom. The maximum Gasteiger partial charge on any atom is 0.569 e. The lowest BCUT2D eigenvalue weighted by Crippen LogP contribution is -2.10. The van der Waals surface area contributed by atoms with Crippen molar-refractivity contribution >= 4 is 84.9 Å². The van der Waals surface area contributed by atoms with Crippen molar-refractivity contribution in [2.75, 3.05) is 13.2 Å². The number of ether oxygens (including phenoxy) is 2. The van der Waals surface area contributed by atoms with Gasteiger partial charge in [0.1, 0.15) is 28.4 Å². The van der Waals surface area contributed by atoms with Crippen LogP contribution in [-0.4, -0.2) is 57.8 Å². The molecule has 0 saturated heterocycles. The molecule has 2 aromatic heterocycles. The molecule has 50 heavy (non-hydrogen) atoms. The molecule has 255 valence electrons. The number of benzene rings is 4. The zero-order valence-corrected chi connectivity index (χ0v) is 30.2. The SMILES string of the molecule is CCOC(=O)c1nc(-c2cccc(Br)c2)nc2c(F)cccc12.CCOC(=O)c1nc(Cl)nc2c(F)cccc12.O[B]Oc1cccc(Br)c1. The van der Waals surface area contributed by atoms with Gasteiger partial charge in [-0.1, -0.05) is 74.3 Å². The van der Waals surface area contributed by atoms with Gasteiger partial charge in [0.2, 0.25) is 5.28 Å². The Bertz CT molecular complexity index is 2150. The summed E-state index contributed by atoms with van der Waals surface area (Å²) in [4.78, 5) is 39.9. The molecule has 16 heteroatoms. The first-order valence-corrected chi connectivity index (χ1v) is 16.6. The third-order valence-electron chi connectivity index (χ3n) is 6.33. The van der Waals surface area contributed by atoms with Gasteiger partial charge < -0.3 is 19.2 Å². The predicted octanol–water partition coefficient (Wildman–Crippen LogP) is 8.33. The molecular weight excluding hydrogens is 804 g/mol. The Morgan fingerprint density at radius 1 is 0.740 bits per heavy atom. The predicted molar refractivity (Wildman–Crippen MR) is 192 cm³/mol. The van der Waals surface area contributed by atoms with Gasteiger partial charge in [0.15, 0.2) is 17.2 Å². The molecule has 0 unspecified atom stereocenters. The highest BCUT2D eigenvalue weighted by molar-refractivity contribution is 9.10. The molecule has 6 aromatic rings. The first-order chi connectivity index (χ1) is 24.1. The monoisotopic (exact) mass is 827 g/mol. The van der Waals surface area contributed by atoms with E-state index in [1.807, 2.05) is 24.3 Å². The van der Waals surface area contributed by atoms with Crippen molar-refractivity contribution in [1.29, 1.82) is 0 Å². The number of halogens is 5. The largest absolute Gasteiger partial charge is 0.569 e. The zero-order chi connectivity index (χ0) is 36.2. The van der Waals surface area contributed by atoms with Crippen LogP contribution in [0.4, 0.5) is 8.78 Å². The number of carbonyl (C=O) groups is 2. The number of para-hydroxylation sites is 2. The molecule has 10 nitrogen and oxygen atoms in total. The molecule has 1 N–H and O–H groups in total. The summed E-state index contributed by atoms with van der Waals surface area (Å²) in [5.74, 6) is -1.43. The van der Waals surface area contributed by atoms with Crippen LogP contribution in [0.1, 0.15) is 34.8 Å². The fraction of sp³-hybridized carbons (Fsp3) is 0.118. The highest BCUT2D eigenvalue weighted by Crippen LogP contribution is 2.26. The van der Waals surface area contributed by atoms with Crippen LogP contribution >= 0.6 is 43.5 Å². The highest BCUT2D eigenvalue weighted by Gasteiger charge is 2.19.